The molecule has 0 spiro atoms. The molecule has 28 nitrogen and oxygen atoms in total. The van der Waals surface area contributed by atoms with Gasteiger partial charge >= 0.3 is 67.1 Å². The van der Waals surface area contributed by atoms with Gasteiger partial charge in [0.2, 0.25) is 11.8 Å². The van der Waals surface area contributed by atoms with Crippen LogP contribution in [0.25, 0.3) is 0 Å². The first kappa shape index (κ1) is 82.6. The number of carbonyl (C=O) groups excluding carboxylic acids is 8. The van der Waals surface area contributed by atoms with E-state index in [1.54, 1.807) is 145 Å². The molecule has 6 amide bonds. The molecule has 3 heterocycles. The Kier molecular flexibility index (Phi) is 32.2. The van der Waals surface area contributed by atoms with E-state index in [9.17, 15) is 68.4 Å². The second-order valence-electron chi connectivity index (χ2n) is 27.4. The minimum Gasteiger partial charge on any atom is -0.870 e. The summed E-state index contributed by atoms with van der Waals surface area (Å²) in [5.41, 5.74) is -4.54. The Balaban J connectivity index is -0.00000105. The number of carbonyl (C=O) groups is 10. The number of aliphatic hydroxyl groups excluding tert-OH is 3. The summed E-state index contributed by atoms with van der Waals surface area (Å²) in [6.45, 7) is 36.6. The van der Waals surface area contributed by atoms with E-state index < -0.39 is 153 Å². The Hall–Kier alpha value is -5.66. The Morgan fingerprint density at radius 3 is 0.917 bits per heavy atom. The third-order valence-electron chi connectivity index (χ3n) is 11.6. The monoisotopic (exact) mass is 1200 g/mol. The molecule has 9 N–H and O–H groups in total. The fourth-order valence-electron chi connectivity index (χ4n) is 7.96. The van der Waals surface area contributed by atoms with Gasteiger partial charge in [-0.2, -0.15) is 0 Å². The number of carboxylic acid groups (broad SMARTS) is 2. The van der Waals surface area contributed by atoms with Crippen molar-refractivity contribution in [2.45, 2.75) is 242 Å². The third-order valence-corrected chi connectivity index (χ3v) is 11.6. The smallest absolute Gasteiger partial charge is 0.870 e. The summed E-state index contributed by atoms with van der Waals surface area (Å²) < 4.78 is 29.9. The standard InChI is InChI=1S/C17H30N2O6.C16H28N2O6.C11H19NO5.C11H21NO4.Li.H2O/c1-16(2,3)12(18-15(23)25-17(4,5)6)13(21)19-9-10(20)8-11(19)14(22)24-7;1-15(2,3)11(17-14(23)24-16(4,5)6)12(20)18-8-9(19)7-10(18)13(21)22;1-11(2,3)17-10(15)12-6-7(13)5-8(12)9(14)16-4;1-10(2,3)7(8(13)14)12-9(15)16-11(4,5)6;;/h10-12,20H,8-9H2,1-7H3,(H,18,23);9-11,19H,7-8H2,1-6H3,(H,17,23)(H,21,22);7-8,13H,5-6H2,1-4H3;7H,1-6H3,(H,12,15)(H,13,14);;1H2/q;;;;+1;/p-1/t10-,11+,12-;9-,10+,11-;7-,8+;7-;;/m1111../s1. The number of esters is 2. The quantitative estimate of drug-likeness (QED) is 0.0919. The van der Waals surface area contributed by atoms with Gasteiger partial charge in [0.1, 0.15) is 58.7 Å². The van der Waals surface area contributed by atoms with E-state index in [4.69, 9.17) is 28.8 Å². The number of hydrogen-bond acceptors (Lipinski definition) is 20. The molecule has 3 fully saturated rings. The molecule has 3 aliphatic heterocycles. The zero-order chi connectivity index (χ0) is 64.8. The molecule has 84 heavy (non-hydrogen) atoms. The molecule has 0 radical (unpaired) electrons. The van der Waals surface area contributed by atoms with E-state index >= 15 is 0 Å². The van der Waals surface area contributed by atoms with Crippen LogP contribution in [0.15, 0.2) is 0 Å². The first-order chi connectivity index (χ1) is 36.7. The van der Waals surface area contributed by atoms with Crippen molar-refractivity contribution in [1.29, 1.82) is 0 Å². The topological polar surface area (TPSA) is 403 Å². The van der Waals surface area contributed by atoms with E-state index in [1.807, 2.05) is 0 Å². The predicted octanol–water partition coefficient (Wildman–Crippen LogP) is 1.40. The number of ether oxygens (including phenoxy) is 6. The van der Waals surface area contributed by atoms with Crippen LogP contribution in [-0.4, -0.2) is 217 Å². The number of nitrogens with one attached hydrogen (secondary N) is 3. The van der Waals surface area contributed by atoms with Crippen molar-refractivity contribution in [2.24, 2.45) is 16.2 Å². The van der Waals surface area contributed by atoms with Crippen LogP contribution in [0.1, 0.15) is 165 Å². The number of likely N-dealkylation sites (tertiary alicyclic amines) is 3. The number of nitrogens with zero attached hydrogens (tertiary/aromatic N) is 3. The van der Waals surface area contributed by atoms with E-state index in [2.05, 4.69) is 20.7 Å². The van der Waals surface area contributed by atoms with E-state index in [0.717, 1.165) is 4.90 Å². The van der Waals surface area contributed by atoms with Gasteiger partial charge in [0.15, 0.2) is 0 Å². The van der Waals surface area contributed by atoms with Crippen LogP contribution >= 0.6 is 0 Å². The largest absolute Gasteiger partial charge is 1.00 e. The number of aliphatic carboxylic acids is 2. The molecule has 3 aliphatic rings. The summed E-state index contributed by atoms with van der Waals surface area (Å²) in [5, 5.41) is 54.8. The molecule has 0 saturated carbocycles. The van der Waals surface area contributed by atoms with E-state index in [0.29, 0.717) is 0 Å². The number of methoxy groups -OCH3 is 2. The van der Waals surface area contributed by atoms with Gasteiger partial charge in [0.05, 0.1) is 39.1 Å². The number of alkyl carbamates (subject to hydrolysis) is 3. The normalized spacial score (nSPS) is 20.9. The molecule has 0 bridgehead atoms. The molecule has 0 aromatic rings. The fraction of sp³-hybridized carbons (Fsp3) is 0.818. The number of carboxylic acids is 2. The maximum atomic E-state index is 13.0. The van der Waals surface area contributed by atoms with Gasteiger partial charge in [-0.25, -0.2) is 38.4 Å². The first-order valence-electron chi connectivity index (χ1n) is 26.9. The molecule has 3 saturated heterocycles. The van der Waals surface area contributed by atoms with Gasteiger partial charge in [-0.05, 0) is 99.3 Å². The van der Waals surface area contributed by atoms with Crippen LogP contribution in [0.4, 0.5) is 19.2 Å². The number of rotatable bonds is 9. The van der Waals surface area contributed by atoms with Crippen molar-refractivity contribution in [3.05, 3.63) is 0 Å². The van der Waals surface area contributed by atoms with Crippen molar-refractivity contribution in [3.8, 4) is 0 Å². The van der Waals surface area contributed by atoms with Crippen LogP contribution in [0.5, 0.6) is 0 Å². The minimum absolute atomic E-state index is 0. The van der Waals surface area contributed by atoms with Gasteiger partial charge < -0.3 is 85.2 Å². The molecule has 0 aromatic carbocycles. The van der Waals surface area contributed by atoms with Crippen molar-refractivity contribution in [1.82, 2.24) is 30.7 Å². The van der Waals surface area contributed by atoms with Gasteiger partial charge in [0, 0.05) is 32.4 Å². The van der Waals surface area contributed by atoms with Gasteiger partial charge in [0.25, 0.3) is 0 Å². The average Bonchev–Trinajstić information content (AvgIpc) is 3.98. The molecular weight excluding hydrogens is 1100 g/mol. The minimum atomic E-state index is -1.18. The summed E-state index contributed by atoms with van der Waals surface area (Å²) in [4.78, 5) is 123. The van der Waals surface area contributed by atoms with E-state index in [1.165, 1.54) is 24.0 Å². The molecule has 0 aliphatic carbocycles. The van der Waals surface area contributed by atoms with Gasteiger partial charge in [-0.15, -0.1) is 0 Å². The predicted molar refractivity (Wildman–Crippen MR) is 299 cm³/mol. The third kappa shape index (κ3) is 29.9. The number of aliphatic hydroxyl groups is 3. The van der Waals surface area contributed by atoms with Crippen LogP contribution in [0.3, 0.4) is 0 Å². The molecule has 29 heteroatoms. The summed E-state index contributed by atoms with van der Waals surface area (Å²) in [5.74, 6) is -4.37. The summed E-state index contributed by atoms with van der Waals surface area (Å²) in [6.07, 6.45) is -4.92. The van der Waals surface area contributed by atoms with Crippen molar-refractivity contribution < 1.29 is 126 Å². The SMILES string of the molecule is CC(C)(C)OC(=O)N[C@H](C(=O)N1C[C@H](O)C[C@H]1C(=O)O)C(C)(C)C.CC(C)(C)OC(=O)N[C@H](C(=O)O)C(C)(C)C.COC(=O)[C@@H]1C[C@@H](O)CN1C(=O)OC(C)(C)C.COC(=O)[C@@H]1C[C@@H](O)CN1C(=O)[C@@H](NC(=O)OC(C)(C)C)C(C)(C)C.[Li+].[OH-]. The van der Waals surface area contributed by atoms with Crippen molar-refractivity contribution in [3.63, 3.8) is 0 Å². The Morgan fingerprint density at radius 2 is 0.667 bits per heavy atom. The molecule has 0 aromatic heterocycles. The van der Waals surface area contributed by atoms with Crippen LogP contribution in [0.2, 0.25) is 0 Å². The molecule has 482 valence electrons. The van der Waals surface area contributed by atoms with Crippen LogP contribution in [0, 0.1) is 16.2 Å². The Bertz CT molecular complexity index is 2220. The second-order valence-corrected chi connectivity index (χ2v) is 27.4. The van der Waals surface area contributed by atoms with E-state index in [-0.39, 0.29) is 63.2 Å². The summed E-state index contributed by atoms with van der Waals surface area (Å²) in [6, 6.07) is -5.58. The zero-order valence-corrected chi connectivity index (χ0v) is 54.0. The summed E-state index contributed by atoms with van der Waals surface area (Å²) >= 11 is 0. The summed E-state index contributed by atoms with van der Waals surface area (Å²) in [7, 11) is 2.48. The maximum Gasteiger partial charge on any atom is 1.00 e. The van der Waals surface area contributed by atoms with Crippen LogP contribution < -0.4 is 34.8 Å². The first-order valence-corrected chi connectivity index (χ1v) is 26.9. The number of amides is 6. The number of hydrogen-bond donors (Lipinski definition) is 8. The molecule has 0 unspecified atom stereocenters. The molecule has 9 atom stereocenters. The zero-order valence-electron chi connectivity index (χ0n) is 54.0. The maximum absolute atomic E-state index is 13.0. The number of β-amino-alcohol motifs (C(OH)–C–C–N with tert-alkyl or cyclic N) is 3. The van der Waals surface area contributed by atoms with Gasteiger partial charge in [-0.3, -0.25) is 14.5 Å². The van der Waals surface area contributed by atoms with Crippen molar-refractivity contribution in [2.75, 3.05) is 33.9 Å². The molecular formula is C55H99LiN6O22. The average molecular weight is 1200 g/mol. The second kappa shape index (κ2) is 32.7. The fourth-order valence-corrected chi connectivity index (χ4v) is 7.96. The van der Waals surface area contributed by atoms with Crippen molar-refractivity contribution >= 4 is 60.1 Å². The van der Waals surface area contributed by atoms with Gasteiger partial charge in [-0.1, -0.05) is 62.3 Å². The van der Waals surface area contributed by atoms with Crippen LogP contribution in [-0.2, 0) is 57.2 Å². The molecule has 3 rings (SSSR count). The Morgan fingerprint density at radius 1 is 0.417 bits per heavy atom. The Labute approximate surface area is 506 Å².